The van der Waals surface area contributed by atoms with Crippen molar-refractivity contribution in [1.29, 1.82) is 0 Å². The number of halogens is 1. The van der Waals surface area contributed by atoms with Crippen LogP contribution in [0.15, 0.2) is 77.4 Å². The zero-order valence-corrected chi connectivity index (χ0v) is 20.0. The summed E-state index contributed by atoms with van der Waals surface area (Å²) in [5.74, 6) is 3.58. The monoisotopic (exact) mass is 489 g/mol. The van der Waals surface area contributed by atoms with Crippen LogP contribution in [0.1, 0.15) is 11.3 Å². The van der Waals surface area contributed by atoms with Crippen LogP contribution in [-0.2, 0) is 24.9 Å². The highest BCUT2D eigenvalue weighted by molar-refractivity contribution is 5.65. The molecule has 0 amide bonds. The smallest absolute Gasteiger partial charge is 0.222 e. The summed E-state index contributed by atoms with van der Waals surface area (Å²) in [4.78, 5) is 2.02. The predicted octanol–water partition coefficient (Wildman–Crippen LogP) is 4.62. The Labute approximate surface area is 209 Å². The molecule has 0 aliphatic rings. The molecule has 0 saturated heterocycles. The number of nitrogens with zero attached hydrogens (tertiary/aromatic N) is 3. The zero-order chi connectivity index (χ0) is 25.3. The minimum Gasteiger partial charge on any atom is -0.468 e. The first-order valence-corrected chi connectivity index (χ1v) is 11.5. The molecule has 1 atom stereocenters. The molecule has 4 aromatic rings. The number of aryl methyl sites for hydroxylation is 1. The van der Waals surface area contributed by atoms with Crippen molar-refractivity contribution in [3.05, 3.63) is 90.1 Å². The van der Waals surface area contributed by atoms with Gasteiger partial charge in [-0.2, -0.15) is 5.10 Å². The Balaban J connectivity index is 1.68. The Kier molecular flexibility index (Phi) is 8.53. The van der Waals surface area contributed by atoms with Gasteiger partial charge >= 0.3 is 0 Å². The van der Waals surface area contributed by atoms with Crippen LogP contribution in [0.2, 0.25) is 0 Å². The second-order valence-corrected chi connectivity index (χ2v) is 8.30. The lowest BCUT2D eigenvalue weighted by Crippen LogP contribution is -2.34. The molecule has 36 heavy (non-hydrogen) atoms. The van der Waals surface area contributed by atoms with Gasteiger partial charge in [-0.15, -0.1) is 6.42 Å². The second-order valence-electron chi connectivity index (χ2n) is 8.30. The second kappa shape index (κ2) is 12.2. The standard InChI is InChI=1S/C28H28FN3O4/c1-3-14-34-20-23(33)17-32(18-25-13-8-15-35-25)19-26-27(21-9-5-4-6-10-21)30-31(2)28(26)36-24-12-7-11-22(29)16-24/h1,4-13,15-16,23,33H,14,17-20H2,2H3. The number of ether oxygens (including phenoxy) is 2. The van der Waals surface area contributed by atoms with Gasteiger partial charge in [-0.1, -0.05) is 42.3 Å². The minimum absolute atomic E-state index is 0.101. The topological polar surface area (TPSA) is 72.9 Å². The molecule has 2 aromatic carbocycles. The summed E-state index contributed by atoms with van der Waals surface area (Å²) in [6, 6.07) is 19.4. The predicted molar refractivity (Wildman–Crippen MR) is 134 cm³/mol. The Morgan fingerprint density at radius 2 is 1.97 bits per heavy atom. The molecule has 0 radical (unpaired) electrons. The molecule has 0 spiro atoms. The van der Waals surface area contributed by atoms with Gasteiger partial charge in [-0.3, -0.25) is 4.90 Å². The summed E-state index contributed by atoms with van der Waals surface area (Å²) in [5.41, 5.74) is 2.43. The molecule has 186 valence electrons. The lowest BCUT2D eigenvalue weighted by atomic mass is 10.1. The van der Waals surface area contributed by atoms with Gasteiger partial charge < -0.3 is 19.0 Å². The molecule has 0 saturated carbocycles. The molecule has 7 nitrogen and oxygen atoms in total. The first-order valence-electron chi connectivity index (χ1n) is 11.5. The molecule has 2 aromatic heterocycles. The maximum Gasteiger partial charge on any atom is 0.222 e. The molecule has 0 fully saturated rings. The van der Waals surface area contributed by atoms with E-state index >= 15 is 0 Å². The fourth-order valence-corrected chi connectivity index (χ4v) is 3.93. The van der Waals surface area contributed by atoms with E-state index in [0.717, 1.165) is 22.6 Å². The van der Waals surface area contributed by atoms with Gasteiger partial charge in [0.2, 0.25) is 5.88 Å². The summed E-state index contributed by atoms with van der Waals surface area (Å²) in [7, 11) is 1.78. The maximum absolute atomic E-state index is 13.9. The summed E-state index contributed by atoms with van der Waals surface area (Å²) in [6.45, 7) is 1.32. The average molecular weight is 490 g/mol. The van der Waals surface area contributed by atoms with Gasteiger partial charge in [0.1, 0.15) is 29.6 Å². The molecule has 4 rings (SSSR count). The highest BCUT2D eigenvalue weighted by Gasteiger charge is 2.24. The fraction of sp³-hybridized carbons (Fsp3) is 0.250. The zero-order valence-electron chi connectivity index (χ0n) is 20.0. The molecule has 2 heterocycles. The molecular weight excluding hydrogens is 461 g/mol. The van der Waals surface area contributed by atoms with Crippen molar-refractivity contribution in [3.8, 4) is 35.2 Å². The number of furan rings is 1. The summed E-state index contributed by atoms with van der Waals surface area (Å²) >= 11 is 0. The third-order valence-corrected chi connectivity index (χ3v) is 5.45. The Morgan fingerprint density at radius 3 is 2.69 bits per heavy atom. The minimum atomic E-state index is -0.780. The van der Waals surface area contributed by atoms with Crippen LogP contribution in [0, 0.1) is 18.2 Å². The van der Waals surface area contributed by atoms with E-state index in [9.17, 15) is 9.50 Å². The van der Waals surface area contributed by atoms with Gasteiger partial charge in [0.25, 0.3) is 0 Å². The fourth-order valence-electron chi connectivity index (χ4n) is 3.93. The highest BCUT2D eigenvalue weighted by Crippen LogP contribution is 2.34. The molecular formula is C28H28FN3O4. The number of hydrogen-bond donors (Lipinski definition) is 1. The van der Waals surface area contributed by atoms with Crippen molar-refractivity contribution in [3.63, 3.8) is 0 Å². The molecule has 0 aliphatic carbocycles. The van der Waals surface area contributed by atoms with Crippen LogP contribution in [0.4, 0.5) is 4.39 Å². The van der Waals surface area contributed by atoms with E-state index in [0.29, 0.717) is 24.7 Å². The molecule has 0 bridgehead atoms. The number of terminal acetylenes is 1. The first kappa shape index (κ1) is 25.2. The third-order valence-electron chi connectivity index (χ3n) is 5.45. The molecule has 1 unspecified atom stereocenters. The number of benzene rings is 2. The van der Waals surface area contributed by atoms with Crippen molar-refractivity contribution in [2.45, 2.75) is 19.2 Å². The van der Waals surface area contributed by atoms with Crippen LogP contribution in [0.5, 0.6) is 11.6 Å². The van der Waals surface area contributed by atoms with Gasteiger partial charge in [-0.25, -0.2) is 9.07 Å². The maximum atomic E-state index is 13.9. The summed E-state index contributed by atoms with van der Waals surface area (Å²) < 4.78 is 32.5. The van der Waals surface area contributed by atoms with E-state index in [1.807, 2.05) is 47.4 Å². The summed E-state index contributed by atoms with van der Waals surface area (Å²) in [6.07, 6.45) is 6.08. The number of aliphatic hydroxyl groups excluding tert-OH is 1. The van der Waals surface area contributed by atoms with Crippen molar-refractivity contribution >= 4 is 0 Å². The lowest BCUT2D eigenvalue weighted by Gasteiger charge is -2.24. The third kappa shape index (κ3) is 6.61. The van der Waals surface area contributed by atoms with E-state index in [2.05, 4.69) is 5.92 Å². The van der Waals surface area contributed by atoms with Crippen molar-refractivity contribution < 1.29 is 23.4 Å². The van der Waals surface area contributed by atoms with Gasteiger partial charge in [-0.05, 0) is 24.3 Å². The van der Waals surface area contributed by atoms with Crippen LogP contribution in [0.25, 0.3) is 11.3 Å². The Hall–Kier alpha value is -3.90. The van der Waals surface area contributed by atoms with Gasteiger partial charge in [0, 0.05) is 31.8 Å². The van der Waals surface area contributed by atoms with E-state index < -0.39 is 11.9 Å². The number of aliphatic hydroxyl groups is 1. The Morgan fingerprint density at radius 1 is 1.14 bits per heavy atom. The van der Waals surface area contributed by atoms with E-state index in [1.54, 1.807) is 30.1 Å². The van der Waals surface area contributed by atoms with E-state index in [-0.39, 0.29) is 19.8 Å². The highest BCUT2D eigenvalue weighted by atomic mass is 19.1. The van der Waals surface area contributed by atoms with E-state index in [4.69, 9.17) is 25.4 Å². The van der Waals surface area contributed by atoms with Crippen LogP contribution >= 0.6 is 0 Å². The molecule has 8 heteroatoms. The number of aromatic nitrogens is 2. The van der Waals surface area contributed by atoms with Crippen LogP contribution < -0.4 is 4.74 Å². The van der Waals surface area contributed by atoms with Gasteiger partial charge in [0.15, 0.2) is 0 Å². The molecule has 0 aliphatic heterocycles. The van der Waals surface area contributed by atoms with Crippen molar-refractivity contribution in [2.24, 2.45) is 7.05 Å². The average Bonchev–Trinajstić information content (AvgIpc) is 3.48. The van der Waals surface area contributed by atoms with Crippen molar-refractivity contribution in [1.82, 2.24) is 14.7 Å². The van der Waals surface area contributed by atoms with Gasteiger partial charge in [0.05, 0.1) is 31.1 Å². The quantitative estimate of drug-likeness (QED) is 0.231. The Bertz CT molecular complexity index is 1280. The normalized spacial score (nSPS) is 12.0. The van der Waals surface area contributed by atoms with Crippen LogP contribution in [0.3, 0.4) is 0 Å². The van der Waals surface area contributed by atoms with E-state index in [1.165, 1.54) is 12.1 Å². The lowest BCUT2D eigenvalue weighted by molar-refractivity contribution is 0.0229. The SMILES string of the molecule is C#CCOCC(O)CN(Cc1ccco1)Cc1c(-c2ccccc2)nn(C)c1Oc1cccc(F)c1. The number of hydrogen-bond acceptors (Lipinski definition) is 6. The largest absolute Gasteiger partial charge is 0.468 e. The molecule has 1 N–H and O–H groups in total. The first-order chi connectivity index (χ1) is 17.5. The van der Waals surface area contributed by atoms with Crippen LogP contribution in [-0.4, -0.2) is 45.6 Å². The summed E-state index contributed by atoms with van der Waals surface area (Å²) in [5, 5.41) is 15.3. The number of rotatable bonds is 12. The van der Waals surface area contributed by atoms with Crippen molar-refractivity contribution in [2.75, 3.05) is 19.8 Å².